The van der Waals surface area contributed by atoms with Gasteiger partial charge in [0, 0.05) is 17.7 Å². The van der Waals surface area contributed by atoms with Crippen molar-refractivity contribution >= 4 is 28.9 Å². The van der Waals surface area contributed by atoms with Crippen molar-refractivity contribution < 1.29 is 14.5 Å². The van der Waals surface area contributed by atoms with E-state index in [9.17, 15) is 19.7 Å². The second kappa shape index (κ2) is 9.78. The van der Waals surface area contributed by atoms with Crippen molar-refractivity contribution in [3.8, 4) is 0 Å². The number of amides is 2. The van der Waals surface area contributed by atoms with E-state index in [2.05, 4.69) is 15.8 Å². The number of benzene rings is 2. The average Bonchev–Trinajstić information content (AvgIpc) is 2.78. The molecule has 2 aromatic rings. The summed E-state index contributed by atoms with van der Waals surface area (Å²) in [7, 11) is 0. The van der Waals surface area contributed by atoms with Crippen molar-refractivity contribution in [1.29, 1.82) is 0 Å². The Labute approximate surface area is 174 Å². The maximum Gasteiger partial charge on any atom is 0.282 e. The standard InChI is InChI=1S/C22H24N4O4/c1-15(24-25-22(28)19-9-5-6-10-20(19)26(29)30)16-11-13-18(14-12-16)23-21(27)17-7-3-2-4-8-17/h5-6,9-14,17H,2-4,7-8H2,1H3,(H,23,27)(H,25,28)/b24-15-. The first-order chi connectivity index (χ1) is 14.5. The SMILES string of the molecule is C/C(=N/NC(=O)c1ccccc1[N+](=O)[O-])c1ccc(NC(=O)C2CCCCC2)cc1. The molecule has 0 spiro atoms. The Morgan fingerprint density at radius 3 is 2.37 bits per heavy atom. The van der Waals surface area contributed by atoms with Gasteiger partial charge in [0.2, 0.25) is 5.91 Å². The molecule has 2 N–H and O–H groups in total. The van der Waals surface area contributed by atoms with Gasteiger partial charge in [0.25, 0.3) is 11.6 Å². The summed E-state index contributed by atoms with van der Waals surface area (Å²) in [5, 5.41) is 18.1. The van der Waals surface area contributed by atoms with E-state index < -0.39 is 10.8 Å². The van der Waals surface area contributed by atoms with Crippen LogP contribution in [0.1, 0.15) is 54.9 Å². The highest BCUT2D eigenvalue weighted by Gasteiger charge is 2.21. The van der Waals surface area contributed by atoms with Crippen LogP contribution in [0, 0.1) is 16.0 Å². The summed E-state index contributed by atoms with van der Waals surface area (Å²) in [5.41, 5.74) is 4.03. The highest BCUT2D eigenvalue weighted by Crippen LogP contribution is 2.25. The Balaban J connectivity index is 1.62. The molecule has 0 saturated heterocycles. The van der Waals surface area contributed by atoms with Gasteiger partial charge >= 0.3 is 0 Å². The van der Waals surface area contributed by atoms with Crippen molar-refractivity contribution in [2.45, 2.75) is 39.0 Å². The van der Waals surface area contributed by atoms with Crippen LogP contribution in [0.3, 0.4) is 0 Å². The summed E-state index contributed by atoms with van der Waals surface area (Å²) in [4.78, 5) is 35.1. The predicted molar refractivity (Wildman–Crippen MR) is 114 cm³/mol. The van der Waals surface area contributed by atoms with Crippen LogP contribution >= 0.6 is 0 Å². The molecule has 1 aliphatic carbocycles. The molecular weight excluding hydrogens is 384 g/mol. The molecule has 0 aromatic heterocycles. The quantitative estimate of drug-likeness (QED) is 0.422. The van der Waals surface area contributed by atoms with E-state index >= 15 is 0 Å². The van der Waals surface area contributed by atoms with E-state index in [1.54, 1.807) is 37.3 Å². The molecule has 0 radical (unpaired) electrons. The highest BCUT2D eigenvalue weighted by molar-refractivity contribution is 6.02. The number of nitrogens with one attached hydrogen (secondary N) is 2. The number of hydrogen-bond donors (Lipinski definition) is 2. The second-order valence-electron chi connectivity index (χ2n) is 7.31. The van der Waals surface area contributed by atoms with E-state index in [0.29, 0.717) is 11.4 Å². The minimum atomic E-state index is -0.655. The van der Waals surface area contributed by atoms with Crippen LogP contribution in [0.5, 0.6) is 0 Å². The average molecular weight is 408 g/mol. The summed E-state index contributed by atoms with van der Waals surface area (Å²) in [5.74, 6) is -0.512. The summed E-state index contributed by atoms with van der Waals surface area (Å²) < 4.78 is 0. The van der Waals surface area contributed by atoms with E-state index in [0.717, 1.165) is 31.2 Å². The van der Waals surface area contributed by atoms with E-state index in [1.807, 2.05) is 0 Å². The monoisotopic (exact) mass is 408 g/mol. The fourth-order valence-corrected chi connectivity index (χ4v) is 3.49. The lowest BCUT2D eigenvalue weighted by Crippen LogP contribution is -2.24. The smallest absolute Gasteiger partial charge is 0.282 e. The molecule has 30 heavy (non-hydrogen) atoms. The van der Waals surface area contributed by atoms with Gasteiger partial charge in [-0.25, -0.2) is 5.43 Å². The van der Waals surface area contributed by atoms with Gasteiger partial charge in [-0.3, -0.25) is 19.7 Å². The van der Waals surface area contributed by atoms with Gasteiger partial charge in [0.05, 0.1) is 10.6 Å². The van der Waals surface area contributed by atoms with Gasteiger partial charge in [0.15, 0.2) is 0 Å². The van der Waals surface area contributed by atoms with Gasteiger partial charge in [-0.1, -0.05) is 43.5 Å². The largest absolute Gasteiger partial charge is 0.326 e. The van der Waals surface area contributed by atoms with Crippen LogP contribution in [0.25, 0.3) is 0 Å². The molecule has 2 aromatic carbocycles. The Bertz CT molecular complexity index is 963. The third kappa shape index (κ3) is 5.28. The first-order valence-electron chi connectivity index (χ1n) is 9.95. The fourth-order valence-electron chi connectivity index (χ4n) is 3.49. The maximum absolute atomic E-state index is 12.3. The number of carbonyl (C=O) groups is 2. The van der Waals surface area contributed by atoms with Crippen molar-refractivity contribution in [3.05, 3.63) is 69.8 Å². The lowest BCUT2D eigenvalue weighted by atomic mass is 9.88. The zero-order valence-corrected chi connectivity index (χ0v) is 16.8. The van der Waals surface area contributed by atoms with Gasteiger partial charge < -0.3 is 5.32 Å². The zero-order chi connectivity index (χ0) is 21.5. The van der Waals surface area contributed by atoms with Crippen molar-refractivity contribution in [3.63, 3.8) is 0 Å². The number of para-hydroxylation sites is 1. The molecule has 3 rings (SSSR count). The van der Waals surface area contributed by atoms with Crippen LogP contribution in [0.15, 0.2) is 53.6 Å². The molecule has 0 bridgehead atoms. The zero-order valence-electron chi connectivity index (χ0n) is 16.8. The number of hydrazone groups is 1. The Hall–Kier alpha value is -3.55. The molecule has 0 unspecified atom stereocenters. The molecular formula is C22H24N4O4. The Kier molecular flexibility index (Phi) is 6.90. The van der Waals surface area contributed by atoms with Gasteiger partial charge in [-0.2, -0.15) is 5.10 Å². The van der Waals surface area contributed by atoms with Crippen LogP contribution < -0.4 is 10.7 Å². The van der Waals surface area contributed by atoms with Crippen LogP contribution in [0.4, 0.5) is 11.4 Å². The molecule has 8 heteroatoms. The molecule has 2 amide bonds. The fraction of sp³-hybridized carbons (Fsp3) is 0.318. The Morgan fingerprint density at radius 1 is 1.03 bits per heavy atom. The molecule has 1 fully saturated rings. The second-order valence-corrected chi connectivity index (χ2v) is 7.31. The first kappa shape index (κ1) is 21.2. The van der Waals surface area contributed by atoms with E-state index in [1.165, 1.54) is 24.6 Å². The normalized spacial score (nSPS) is 14.8. The maximum atomic E-state index is 12.3. The molecule has 1 aliphatic rings. The summed E-state index contributed by atoms with van der Waals surface area (Å²) in [6.07, 6.45) is 5.28. The number of nitro groups is 1. The van der Waals surface area contributed by atoms with Crippen molar-refractivity contribution in [2.75, 3.05) is 5.32 Å². The highest BCUT2D eigenvalue weighted by atomic mass is 16.6. The predicted octanol–water partition coefficient (Wildman–Crippen LogP) is 4.27. The molecule has 0 heterocycles. The molecule has 156 valence electrons. The Morgan fingerprint density at radius 2 is 1.70 bits per heavy atom. The third-order valence-electron chi connectivity index (χ3n) is 5.22. The number of carbonyl (C=O) groups excluding carboxylic acids is 2. The van der Waals surface area contributed by atoms with Gasteiger partial charge in [-0.15, -0.1) is 0 Å². The topological polar surface area (TPSA) is 114 Å². The summed E-state index contributed by atoms with van der Waals surface area (Å²) >= 11 is 0. The molecule has 8 nitrogen and oxygen atoms in total. The number of hydrogen-bond acceptors (Lipinski definition) is 5. The van der Waals surface area contributed by atoms with Crippen molar-refractivity contribution in [1.82, 2.24) is 5.43 Å². The van der Waals surface area contributed by atoms with Crippen LogP contribution in [-0.4, -0.2) is 22.4 Å². The van der Waals surface area contributed by atoms with Crippen molar-refractivity contribution in [2.24, 2.45) is 11.0 Å². The molecule has 0 aliphatic heterocycles. The number of nitro benzene ring substituents is 1. The van der Waals surface area contributed by atoms with Crippen LogP contribution in [0.2, 0.25) is 0 Å². The van der Waals surface area contributed by atoms with Crippen LogP contribution in [-0.2, 0) is 4.79 Å². The first-order valence-corrected chi connectivity index (χ1v) is 9.95. The number of anilines is 1. The minimum Gasteiger partial charge on any atom is -0.326 e. The lowest BCUT2D eigenvalue weighted by Gasteiger charge is -2.20. The van der Waals surface area contributed by atoms with E-state index in [-0.39, 0.29) is 23.1 Å². The van der Waals surface area contributed by atoms with E-state index in [4.69, 9.17) is 0 Å². The van der Waals surface area contributed by atoms with Gasteiger partial charge in [0.1, 0.15) is 5.56 Å². The summed E-state index contributed by atoms with van der Waals surface area (Å²) in [6.45, 7) is 1.72. The number of nitrogens with zero attached hydrogens (tertiary/aromatic N) is 2. The minimum absolute atomic E-state index is 0.0557. The lowest BCUT2D eigenvalue weighted by molar-refractivity contribution is -0.385. The summed E-state index contributed by atoms with van der Waals surface area (Å²) in [6, 6.07) is 12.9. The van der Waals surface area contributed by atoms with Gasteiger partial charge in [-0.05, 0) is 43.5 Å². The molecule has 1 saturated carbocycles. The number of rotatable bonds is 6. The molecule has 0 atom stereocenters. The third-order valence-corrected chi connectivity index (χ3v) is 5.22.